The van der Waals surface area contributed by atoms with Crippen molar-refractivity contribution in [3.63, 3.8) is 0 Å². The summed E-state index contributed by atoms with van der Waals surface area (Å²) in [4.78, 5) is 31.8. The number of hydrogen-bond acceptors (Lipinski definition) is 6. The number of rotatable bonds is 4. The Morgan fingerprint density at radius 2 is 1.96 bits per heavy atom. The van der Waals surface area contributed by atoms with E-state index in [4.69, 9.17) is 9.15 Å². The van der Waals surface area contributed by atoms with Crippen molar-refractivity contribution < 1.29 is 23.8 Å². The van der Waals surface area contributed by atoms with Crippen LogP contribution in [0.2, 0.25) is 0 Å². The lowest BCUT2D eigenvalue weighted by atomic mass is 10.1. The van der Waals surface area contributed by atoms with E-state index in [2.05, 4.69) is 4.98 Å². The molecule has 1 saturated heterocycles. The maximum Gasteiger partial charge on any atom is 0.409 e. The lowest BCUT2D eigenvalue weighted by molar-refractivity contribution is 0.0698. The second kappa shape index (κ2) is 7.46. The average Bonchev–Trinajstić information content (AvgIpc) is 3.02. The minimum atomic E-state index is -1.04. The Morgan fingerprint density at radius 3 is 2.56 bits per heavy atom. The third-order valence-electron chi connectivity index (χ3n) is 4.58. The van der Waals surface area contributed by atoms with Crippen molar-refractivity contribution in [1.29, 1.82) is 0 Å². The molecule has 2 heterocycles. The van der Waals surface area contributed by atoms with Crippen molar-refractivity contribution in [2.75, 3.05) is 24.6 Å². The topological polar surface area (TPSA) is 96.1 Å². The molecule has 0 saturated carbocycles. The molecule has 1 aliphatic heterocycles. The summed E-state index contributed by atoms with van der Waals surface area (Å²) in [6, 6.07) is 5.10. The van der Waals surface area contributed by atoms with Gasteiger partial charge in [-0.2, -0.15) is 4.98 Å². The fourth-order valence-corrected chi connectivity index (χ4v) is 3.40. The number of carbonyl (C=O) groups excluding carboxylic acids is 1. The number of aromatic carboxylic acids is 1. The number of benzene rings is 1. The SMILES string of the molecule is CC(C)COC(=O)N1CC(C)N(c2nc3c(C(=O)O)cccc3o2)C(C)C1. The molecule has 27 heavy (non-hydrogen) atoms. The summed E-state index contributed by atoms with van der Waals surface area (Å²) in [6.45, 7) is 9.30. The number of carboxylic acid groups (broad SMARTS) is 1. The molecular weight excluding hydrogens is 350 g/mol. The van der Waals surface area contributed by atoms with Crippen molar-refractivity contribution in [3.05, 3.63) is 23.8 Å². The number of amides is 1. The van der Waals surface area contributed by atoms with Gasteiger partial charge in [-0.25, -0.2) is 9.59 Å². The van der Waals surface area contributed by atoms with Gasteiger partial charge < -0.3 is 24.1 Å². The summed E-state index contributed by atoms with van der Waals surface area (Å²) in [6.07, 6.45) is -0.312. The largest absolute Gasteiger partial charge is 0.478 e. The minimum Gasteiger partial charge on any atom is -0.478 e. The van der Waals surface area contributed by atoms with Crippen molar-refractivity contribution in [2.24, 2.45) is 5.92 Å². The number of nitrogens with zero attached hydrogens (tertiary/aromatic N) is 3. The average molecular weight is 375 g/mol. The van der Waals surface area contributed by atoms with Gasteiger partial charge in [-0.1, -0.05) is 19.9 Å². The number of anilines is 1. The first-order valence-corrected chi connectivity index (χ1v) is 9.10. The van der Waals surface area contributed by atoms with E-state index in [1.807, 2.05) is 32.6 Å². The lowest BCUT2D eigenvalue weighted by Gasteiger charge is -2.43. The van der Waals surface area contributed by atoms with Gasteiger partial charge in [-0.3, -0.25) is 0 Å². The third kappa shape index (κ3) is 3.84. The standard InChI is InChI=1S/C19H25N3O5/c1-11(2)10-26-19(25)21-8-12(3)22(13(4)9-21)18-20-16-14(17(23)24)6-5-7-15(16)27-18/h5-7,11-13H,8-10H2,1-4H3,(H,23,24). The number of aromatic nitrogens is 1. The van der Waals surface area contributed by atoms with Crippen LogP contribution >= 0.6 is 0 Å². The maximum atomic E-state index is 12.3. The highest BCUT2D eigenvalue weighted by atomic mass is 16.6. The molecule has 8 heteroatoms. The molecular formula is C19H25N3O5. The van der Waals surface area contributed by atoms with Crippen molar-refractivity contribution in [1.82, 2.24) is 9.88 Å². The van der Waals surface area contributed by atoms with Gasteiger partial charge in [0.15, 0.2) is 5.58 Å². The van der Waals surface area contributed by atoms with E-state index < -0.39 is 5.97 Å². The zero-order valence-electron chi connectivity index (χ0n) is 16.0. The van der Waals surface area contributed by atoms with E-state index in [1.54, 1.807) is 17.0 Å². The molecule has 2 aromatic rings. The second-order valence-corrected chi connectivity index (χ2v) is 7.43. The Bertz CT molecular complexity index is 835. The highest BCUT2D eigenvalue weighted by Gasteiger charge is 2.35. The third-order valence-corrected chi connectivity index (χ3v) is 4.58. The molecule has 1 fully saturated rings. The zero-order chi connectivity index (χ0) is 19.7. The Hall–Kier alpha value is -2.77. The summed E-state index contributed by atoms with van der Waals surface area (Å²) in [5.74, 6) is -0.757. The van der Waals surface area contributed by atoms with Crippen LogP contribution in [-0.4, -0.2) is 58.8 Å². The molecule has 146 valence electrons. The van der Waals surface area contributed by atoms with E-state index >= 15 is 0 Å². The van der Waals surface area contributed by atoms with Gasteiger partial charge in [0.05, 0.1) is 12.2 Å². The smallest absolute Gasteiger partial charge is 0.409 e. The van der Waals surface area contributed by atoms with Crippen LogP contribution in [0.15, 0.2) is 22.6 Å². The molecule has 2 atom stereocenters. The first-order valence-electron chi connectivity index (χ1n) is 9.10. The zero-order valence-corrected chi connectivity index (χ0v) is 16.0. The summed E-state index contributed by atoms with van der Waals surface area (Å²) < 4.78 is 11.2. The van der Waals surface area contributed by atoms with E-state index in [-0.39, 0.29) is 29.7 Å². The molecule has 1 N–H and O–H groups in total. The number of para-hydroxylation sites is 1. The first-order chi connectivity index (χ1) is 12.8. The molecule has 0 radical (unpaired) electrons. The highest BCUT2D eigenvalue weighted by Crippen LogP contribution is 2.29. The predicted molar refractivity (Wildman–Crippen MR) is 100 cm³/mol. The number of piperazine rings is 1. The van der Waals surface area contributed by atoms with Crippen LogP contribution in [0.5, 0.6) is 0 Å². The summed E-state index contributed by atoms with van der Waals surface area (Å²) >= 11 is 0. The van der Waals surface area contributed by atoms with Crippen LogP contribution in [0.1, 0.15) is 38.1 Å². The van der Waals surface area contributed by atoms with E-state index in [0.29, 0.717) is 36.8 Å². The van der Waals surface area contributed by atoms with Crippen LogP contribution < -0.4 is 4.90 Å². The number of hydrogen-bond donors (Lipinski definition) is 1. The van der Waals surface area contributed by atoms with E-state index in [0.717, 1.165) is 0 Å². The van der Waals surface area contributed by atoms with Crippen LogP contribution in [-0.2, 0) is 4.74 Å². The monoisotopic (exact) mass is 375 g/mol. The van der Waals surface area contributed by atoms with Crippen molar-refractivity contribution in [3.8, 4) is 0 Å². The molecule has 0 spiro atoms. The quantitative estimate of drug-likeness (QED) is 0.876. The van der Waals surface area contributed by atoms with Crippen molar-refractivity contribution >= 4 is 29.2 Å². The predicted octanol–water partition coefficient (Wildman–Crippen LogP) is 3.22. The van der Waals surface area contributed by atoms with Gasteiger partial charge in [0.25, 0.3) is 6.01 Å². The number of carboxylic acids is 1. The van der Waals surface area contributed by atoms with Crippen molar-refractivity contribution in [2.45, 2.75) is 39.8 Å². The normalized spacial score (nSPS) is 20.3. The maximum absolute atomic E-state index is 12.3. The molecule has 0 aliphatic carbocycles. The molecule has 1 aromatic carbocycles. The van der Waals surface area contributed by atoms with Crippen LogP contribution in [0, 0.1) is 5.92 Å². The number of fused-ring (bicyclic) bond motifs is 1. The van der Waals surface area contributed by atoms with Crippen LogP contribution in [0.25, 0.3) is 11.1 Å². The summed E-state index contributed by atoms with van der Waals surface area (Å²) in [7, 11) is 0. The van der Waals surface area contributed by atoms with Gasteiger partial charge >= 0.3 is 12.1 Å². The molecule has 0 bridgehead atoms. The molecule has 1 amide bonds. The minimum absolute atomic E-state index is 0.0540. The van der Waals surface area contributed by atoms with E-state index in [1.165, 1.54) is 6.07 Å². The highest BCUT2D eigenvalue weighted by molar-refractivity contribution is 6.00. The Balaban J connectivity index is 1.80. The fourth-order valence-electron chi connectivity index (χ4n) is 3.40. The Morgan fingerprint density at radius 1 is 1.30 bits per heavy atom. The second-order valence-electron chi connectivity index (χ2n) is 7.43. The molecule has 8 nitrogen and oxygen atoms in total. The summed E-state index contributed by atoms with van der Waals surface area (Å²) in [5, 5.41) is 9.34. The number of carbonyl (C=O) groups is 2. The Labute approximate surface area is 157 Å². The van der Waals surface area contributed by atoms with Gasteiger partial charge in [0.2, 0.25) is 0 Å². The molecule has 1 aliphatic rings. The number of oxazole rings is 1. The fraction of sp³-hybridized carbons (Fsp3) is 0.526. The first kappa shape index (κ1) is 19.0. The van der Waals surface area contributed by atoms with E-state index in [9.17, 15) is 14.7 Å². The van der Waals surface area contributed by atoms with Gasteiger partial charge in [0, 0.05) is 25.2 Å². The lowest BCUT2D eigenvalue weighted by Crippen LogP contribution is -2.58. The summed E-state index contributed by atoms with van der Waals surface area (Å²) in [5.41, 5.74) is 0.875. The molecule has 1 aromatic heterocycles. The Kier molecular flexibility index (Phi) is 5.25. The van der Waals surface area contributed by atoms with Gasteiger partial charge in [-0.15, -0.1) is 0 Å². The van der Waals surface area contributed by atoms with Crippen LogP contribution in [0.4, 0.5) is 10.8 Å². The van der Waals surface area contributed by atoms with Gasteiger partial charge in [0.1, 0.15) is 5.52 Å². The molecule has 3 rings (SSSR count). The molecule has 2 unspecified atom stereocenters. The van der Waals surface area contributed by atoms with Crippen LogP contribution in [0.3, 0.4) is 0 Å². The van der Waals surface area contributed by atoms with Gasteiger partial charge in [-0.05, 0) is 31.9 Å². The number of ether oxygens (including phenoxy) is 1.